The number of hydrogen-bond donors (Lipinski definition) is 2. The molecule has 2 saturated heterocycles. The van der Waals surface area contributed by atoms with E-state index in [9.17, 15) is 9.59 Å². The zero-order valence-corrected chi connectivity index (χ0v) is 21.5. The molecule has 1 unspecified atom stereocenters. The molecule has 2 bridgehead atoms. The fraction of sp³-hybridized carbons (Fsp3) is 0.444. The van der Waals surface area contributed by atoms with E-state index < -0.39 is 17.3 Å². The molecule has 11 nitrogen and oxygen atoms in total. The average Bonchev–Trinajstić information content (AvgIpc) is 2.95. The lowest BCUT2D eigenvalue weighted by atomic mass is 9.67. The molecule has 7 rings (SSSR count). The highest BCUT2D eigenvalue weighted by Gasteiger charge is 2.50. The number of anilines is 1. The summed E-state index contributed by atoms with van der Waals surface area (Å²) in [4.78, 5) is 36.9. The van der Waals surface area contributed by atoms with Gasteiger partial charge in [-0.3, -0.25) is 9.78 Å². The van der Waals surface area contributed by atoms with Crippen molar-refractivity contribution in [2.45, 2.75) is 55.7 Å². The number of fused-ring (bicyclic) bond motifs is 5. The molecule has 12 heteroatoms. The molecule has 206 valence electrons. The molecule has 1 saturated carbocycles. The van der Waals surface area contributed by atoms with Crippen LogP contribution in [0.1, 0.15) is 49.3 Å². The van der Waals surface area contributed by atoms with Gasteiger partial charge in [-0.05, 0) is 50.3 Å². The van der Waals surface area contributed by atoms with E-state index in [1.54, 1.807) is 12.1 Å². The van der Waals surface area contributed by atoms with E-state index in [1.165, 1.54) is 7.11 Å². The fourth-order valence-corrected chi connectivity index (χ4v) is 5.77. The standard InChI is InChI=1S/C27H28FN5O5.H2O/c1-36-22-5-3-19-24(33-22)23(18(28)12-29-19)16(13-34)10-27-8-6-26(7-9-27,15-38-27)30-11-17-2-4-20-25(31-17)32-21(35)14-37-20;/h2-5,12-13,16,30H,6-11,14-15H2,1H3,(H,31,32,35);1H2. The molecule has 3 aliphatic heterocycles. The van der Waals surface area contributed by atoms with Crippen molar-refractivity contribution in [2.75, 3.05) is 25.6 Å². The van der Waals surface area contributed by atoms with Gasteiger partial charge in [-0.15, -0.1) is 0 Å². The molecule has 0 aromatic carbocycles. The van der Waals surface area contributed by atoms with Crippen LogP contribution in [0.25, 0.3) is 11.0 Å². The number of carbonyl (C=O) groups is 2. The molecular formula is C27H30FN5O6. The van der Waals surface area contributed by atoms with Crippen molar-refractivity contribution in [1.29, 1.82) is 0 Å². The van der Waals surface area contributed by atoms with Crippen molar-refractivity contribution in [3.63, 3.8) is 0 Å². The van der Waals surface area contributed by atoms with Crippen molar-refractivity contribution in [1.82, 2.24) is 20.3 Å². The monoisotopic (exact) mass is 539 g/mol. The normalized spacial score (nSPS) is 24.2. The number of rotatable bonds is 8. The third-order valence-corrected chi connectivity index (χ3v) is 7.96. The molecule has 1 aliphatic carbocycles. The maximum atomic E-state index is 15.0. The summed E-state index contributed by atoms with van der Waals surface area (Å²) in [6, 6.07) is 7.06. The first kappa shape index (κ1) is 26.9. The number of halogens is 1. The number of carbonyl (C=O) groups excluding carboxylic acids is 2. The average molecular weight is 540 g/mol. The summed E-state index contributed by atoms with van der Waals surface area (Å²) in [7, 11) is 1.49. The van der Waals surface area contributed by atoms with Gasteiger partial charge in [0.15, 0.2) is 18.2 Å². The van der Waals surface area contributed by atoms with Crippen molar-refractivity contribution in [2.24, 2.45) is 0 Å². The molecular weight excluding hydrogens is 509 g/mol. The summed E-state index contributed by atoms with van der Waals surface area (Å²) in [5.74, 6) is -0.180. The van der Waals surface area contributed by atoms with Crippen LogP contribution in [0.15, 0.2) is 30.5 Å². The van der Waals surface area contributed by atoms with E-state index in [0.29, 0.717) is 48.1 Å². The molecule has 0 spiro atoms. The lowest BCUT2D eigenvalue weighted by Gasteiger charge is -2.54. The quantitative estimate of drug-likeness (QED) is 0.410. The topological polar surface area (TPSA) is 156 Å². The van der Waals surface area contributed by atoms with Gasteiger partial charge < -0.3 is 35.1 Å². The number of nitrogens with one attached hydrogen (secondary N) is 2. The first-order valence-corrected chi connectivity index (χ1v) is 12.7. The Hall–Kier alpha value is -3.74. The van der Waals surface area contributed by atoms with Crippen molar-refractivity contribution >= 4 is 29.0 Å². The van der Waals surface area contributed by atoms with Crippen LogP contribution in [-0.4, -0.2) is 64.1 Å². The van der Waals surface area contributed by atoms with Crippen molar-refractivity contribution in [3.8, 4) is 11.6 Å². The molecule has 4 aliphatic rings. The predicted octanol–water partition coefficient (Wildman–Crippen LogP) is 2.22. The number of aldehydes is 1. The maximum absolute atomic E-state index is 15.0. The predicted molar refractivity (Wildman–Crippen MR) is 138 cm³/mol. The molecule has 3 aromatic rings. The smallest absolute Gasteiger partial charge is 0.263 e. The van der Waals surface area contributed by atoms with Crippen molar-refractivity contribution in [3.05, 3.63) is 47.5 Å². The highest BCUT2D eigenvalue weighted by Crippen LogP contribution is 2.48. The van der Waals surface area contributed by atoms with Gasteiger partial charge in [0.05, 0.1) is 42.2 Å². The SMILES string of the molecule is COc1ccc2ncc(F)c(C(C=O)CC34CCC(NCc5ccc6c(n5)NC(=O)CO6)(CC3)CO4)c2n1.O. The second-order valence-electron chi connectivity index (χ2n) is 10.3. The first-order valence-electron chi connectivity index (χ1n) is 12.7. The molecule has 39 heavy (non-hydrogen) atoms. The Kier molecular flexibility index (Phi) is 7.19. The molecule has 6 heterocycles. The van der Waals surface area contributed by atoms with Gasteiger partial charge in [0, 0.05) is 29.6 Å². The van der Waals surface area contributed by atoms with E-state index in [-0.39, 0.29) is 29.1 Å². The summed E-state index contributed by atoms with van der Waals surface area (Å²) >= 11 is 0. The van der Waals surface area contributed by atoms with E-state index in [1.807, 2.05) is 12.1 Å². The van der Waals surface area contributed by atoms with Gasteiger partial charge in [-0.25, -0.2) is 14.4 Å². The molecule has 1 amide bonds. The summed E-state index contributed by atoms with van der Waals surface area (Å²) in [6.07, 6.45) is 5.50. The Labute approximate surface area is 223 Å². The Balaban J connectivity index is 0.00000308. The molecule has 3 aromatic heterocycles. The Morgan fingerprint density at radius 1 is 1.21 bits per heavy atom. The Morgan fingerprint density at radius 2 is 2.03 bits per heavy atom. The van der Waals surface area contributed by atoms with E-state index in [2.05, 4.69) is 25.6 Å². The number of pyridine rings is 3. The Morgan fingerprint density at radius 3 is 2.74 bits per heavy atom. The van der Waals surface area contributed by atoms with E-state index in [0.717, 1.165) is 43.9 Å². The number of amides is 1. The van der Waals surface area contributed by atoms with Gasteiger partial charge in [0.2, 0.25) is 5.88 Å². The second-order valence-corrected chi connectivity index (χ2v) is 10.3. The van der Waals surface area contributed by atoms with Gasteiger partial charge in [0.25, 0.3) is 5.91 Å². The van der Waals surface area contributed by atoms with Crippen LogP contribution in [-0.2, 0) is 20.9 Å². The molecule has 1 atom stereocenters. The number of hydrogen-bond acceptors (Lipinski definition) is 9. The zero-order valence-electron chi connectivity index (χ0n) is 21.5. The van der Waals surface area contributed by atoms with Crippen molar-refractivity contribution < 1.29 is 33.7 Å². The molecule has 0 radical (unpaired) electrons. The molecule has 4 N–H and O–H groups in total. The van der Waals surface area contributed by atoms with Gasteiger partial charge in [-0.2, -0.15) is 0 Å². The van der Waals surface area contributed by atoms with Crippen LogP contribution >= 0.6 is 0 Å². The maximum Gasteiger partial charge on any atom is 0.263 e. The molecule has 3 fully saturated rings. The van der Waals surface area contributed by atoms with Gasteiger partial charge in [0.1, 0.15) is 12.1 Å². The largest absolute Gasteiger partial charge is 0.481 e. The highest BCUT2D eigenvalue weighted by atomic mass is 19.1. The van der Waals surface area contributed by atoms with Gasteiger partial charge >= 0.3 is 0 Å². The Bertz CT molecular complexity index is 1390. The highest BCUT2D eigenvalue weighted by molar-refractivity contribution is 5.94. The summed E-state index contributed by atoms with van der Waals surface area (Å²) < 4.78 is 32.1. The number of ether oxygens (including phenoxy) is 3. The van der Waals surface area contributed by atoms with E-state index >= 15 is 4.39 Å². The third-order valence-electron chi connectivity index (χ3n) is 7.96. The van der Waals surface area contributed by atoms with Crippen LogP contribution in [0.2, 0.25) is 0 Å². The van der Waals surface area contributed by atoms with Crippen LogP contribution < -0.4 is 20.1 Å². The fourth-order valence-electron chi connectivity index (χ4n) is 5.77. The third kappa shape index (κ3) is 5.02. The van der Waals surface area contributed by atoms with Crippen LogP contribution in [0.5, 0.6) is 11.6 Å². The van der Waals surface area contributed by atoms with E-state index in [4.69, 9.17) is 14.2 Å². The number of nitrogens with zero attached hydrogens (tertiary/aromatic N) is 3. The van der Waals surface area contributed by atoms with Gasteiger partial charge in [-0.1, -0.05) is 0 Å². The lowest BCUT2D eigenvalue weighted by Crippen LogP contribution is -2.61. The van der Waals surface area contributed by atoms with Crippen LogP contribution in [0, 0.1) is 5.82 Å². The lowest BCUT2D eigenvalue weighted by molar-refractivity contribution is -0.168. The minimum absolute atomic E-state index is 0. The summed E-state index contributed by atoms with van der Waals surface area (Å²) in [5, 5.41) is 6.35. The second kappa shape index (κ2) is 10.4. The summed E-state index contributed by atoms with van der Waals surface area (Å²) in [6.45, 7) is 0.987. The number of methoxy groups -OCH3 is 1. The number of aromatic nitrogens is 3. The zero-order chi connectivity index (χ0) is 26.3. The summed E-state index contributed by atoms with van der Waals surface area (Å²) in [5.41, 5.74) is 1.14. The minimum Gasteiger partial charge on any atom is -0.481 e. The van der Waals surface area contributed by atoms with Crippen LogP contribution in [0.4, 0.5) is 10.2 Å². The minimum atomic E-state index is -0.726. The van der Waals surface area contributed by atoms with Crippen LogP contribution in [0.3, 0.4) is 0 Å². The first-order chi connectivity index (χ1) is 18.4.